The second-order valence-corrected chi connectivity index (χ2v) is 7.58. The summed E-state index contributed by atoms with van der Waals surface area (Å²) in [5.74, 6) is -0.0671. The molecule has 1 amide bonds. The average molecular weight is 405 g/mol. The summed E-state index contributed by atoms with van der Waals surface area (Å²) in [6.07, 6.45) is 5.67. The highest BCUT2D eigenvalue weighted by molar-refractivity contribution is 9.10. The first-order valence-electron chi connectivity index (χ1n) is 8.86. The molecule has 0 bridgehead atoms. The summed E-state index contributed by atoms with van der Waals surface area (Å²) in [6, 6.07) is 7.81. The molecule has 0 saturated carbocycles. The summed E-state index contributed by atoms with van der Waals surface area (Å²) in [5.41, 5.74) is 3.06. The van der Waals surface area contributed by atoms with Gasteiger partial charge in [-0.05, 0) is 73.4 Å². The van der Waals surface area contributed by atoms with Gasteiger partial charge in [0.1, 0.15) is 6.04 Å². The molecule has 1 aliphatic rings. The van der Waals surface area contributed by atoms with Gasteiger partial charge >= 0.3 is 0 Å². The average Bonchev–Trinajstić information content (AvgIpc) is 2.96. The molecule has 2 aromatic rings. The molecule has 1 saturated heterocycles. The monoisotopic (exact) mass is 404 g/mol. The maximum atomic E-state index is 12.5. The molecule has 1 atom stereocenters. The van der Waals surface area contributed by atoms with Crippen molar-refractivity contribution in [3.63, 3.8) is 0 Å². The number of likely N-dealkylation sites (tertiary alicyclic amines) is 1. The Balaban J connectivity index is 1.58. The largest absolute Gasteiger partial charge is 0.324 e. The fraction of sp³-hybridized carbons (Fsp3) is 0.474. The Bertz CT molecular complexity index is 720. The first-order chi connectivity index (χ1) is 12.0. The van der Waals surface area contributed by atoms with Crippen LogP contribution in [-0.4, -0.2) is 33.7 Å². The topological polar surface area (TPSA) is 50.2 Å². The molecule has 5 nitrogen and oxygen atoms in total. The van der Waals surface area contributed by atoms with Crippen molar-refractivity contribution < 1.29 is 4.79 Å². The van der Waals surface area contributed by atoms with Crippen LogP contribution in [0.15, 0.2) is 34.9 Å². The van der Waals surface area contributed by atoms with Crippen molar-refractivity contribution in [1.29, 1.82) is 0 Å². The summed E-state index contributed by atoms with van der Waals surface area (Å²) in [6.45, 7) is 7.16. The lowest BCUT2D eigenvalue weighted by Crippen LogP contribution is -2.29. The van der Waals surface area contributed by atoms with Gasteiger partial charge in [-0.25, -0.2) is 0 Å². The van der Waals surface area contributed by atoms with Gasteiger partial charge in [0.25, 0.3) is 0 Å². The number of nitrogens with one attached hydrogen (secondary N) is 1. The third kappa shape index (κ3) is 4.50. The van der Waals surface area contributed by atoms with Crippen LogP contribution in [0.2, 0.25) is 0 Å². The minimum atomic E-state index is -0.362. The van der Waals surface area contributed by atoms with Crippen molar-refractivity contribution >= 4 is 27.5 Å². The fourth-order valence-corrected chi connectivity index (χ4v) is 3.49. The molecule has 1 aliphatic heterocycles. The highest BCUT2D eigenvalue weighted by Gasteiger charge is 2.18. The van der Waals surface area contributed by atoms with E-state index >= 15 is 0 Å². The van der Waals surface area contributed by atoms with Gasteiger partial charge in [0.15, 0.2) is 0 Å². The van der Waals surface area contributed by atoms with E-state index < -0.39 is 0 Å². The molecule has 1 unspecified atom stereocenters. The molecule has 1 N–H and O–H groups in total. The molecule has 1 fully saturated rings. The predicted molar refractivity (Wildman–Crippen MR) is 104 cm³/mol. The molecular weight excluding hydrogens is 380 g/mol. The number of nitrogens with zero attached hydrogens (tertiary/aromatic N) is 3. The zero-order valence-electron chi connectivity index (χ0n) is 14.8. The molecule has 1 aromatic carbocycles. The Labute approximate surface area is 157 Å². The first-order valence-corrected chi connectivity index (χ1v) is 9.65. The summed E-state index contributed by atoms with van der Waals surface area (Å²) in [7, 11) is 0. The molecule has 25 heavy (non-hydrogen) atoms. The highest BCUT2D eigenvalue weighted by atomic mass is 79.9. The maximum absolute atomic E-state index is 12.5. The van der Waals surface area contributed by atoms with E-state index in [0.29, 0.717) is 0 Å². The van der Waals surface area contributed by atoms with E-state index in [4.69, 9.17) is 0 Å². The van der Waals surface area contributed by atoms with Crippen molar-refractivity contribution in [3.05, 3.63) is 46.2 Å². The molecular formula is C19H25BrN4O. The number of anilines is 1. The fourth-order valence-electron chi connectivity index (χ4n) is 3.22. The number of rotatable bonds is 5. The lowest BCUT2D eigenvalue weighted by atomic mass is 10.1. The van der Waals surface area contributed by atoms with Crippen LogP contribution in [0.25, 0.3) is 0 Å². The molecule has 134 valence electrons. The van der Waals surface area contributed by atoms with Crippen LogP contribution >= 0.6 is 15.9 Å². The van der Waals surface area contributed by atoms with Gasteiger partial charge < -0.3 is 5.32 Å². The standard InChI is InChI=1S/C19H25BrN4O/c1-14-18(20)12-21-24(14)15(2)19(25)22-17-8-6-16(7-9-17)13-23-10-4-3-5-11-23/h6-9,12,15H,3-5,10-11,13H2,1-2H3,(H,22,25). The van der Waals surface area contributed by atoms with Crippen LogP contribution < -0.4 is 5.32 Å². The summed E-state index contributed by atoms with van der Waals surface area (Å²) < 4.78 is 2.64. The molecule has 3 rings (SSSR count). The van der Waals surface area contributed by atoms with E-state index in [1.165, 1.54) is 37.9 Å². The van der Waals surface area contributed by atoms with Gasteiger partial charge in [0.2, 0.25) is 5.91 Å². The van der Waals surface area contributed by atoms with Gasteiger partial charge in [-0.15, -0.1) is 0 Å². The van der Waals surface area contributed by atoms with Crippen molar-refractivity contribution in [2.24, 2.45) is 0 Å². The first kappa shape index (κ1) is 18.1. The molecule has 2 heterocycles. The molecule has 6 heteroatoms. The summed E-state index contributed by atoms with van der Waals surface area (Å²) in [5, 5.41) is 7.24. The third-order valence-electron chi connectivity index (χ3n) is 4.81. The normalized spacial score (nSPS) is 16.6. The summed E-state index contributed by atoms with van der Waals surface area (Å²) in [4.78, 5) is 15.0. The Morgan fingerprint density at radius 1 is 1.24 bits per heavy atom. The third-order valence-corrected chi connectivity index (χ3v) is 5.59. The maximum Gasteiger partial charge on any atom is 0.248 e. The zero-order chi connectivity index (χ0) is 17.8. The van der Waals surface area contributed by atoms with Gasteiger partial charge in [-0.2, -0.15) is 5.10 Å². The number of hydrogen-bond donors (Lipinski definition) is 1. The number of halogens is 1. The van der Waals surface area contributed by atoms with Gasteiger partial charge in [-0.3, -0.25) is 14.4 Å². The van der Waals surface area contributed by atoms with Crippen LogP contribution in [-0.2, 0) is 11.3 Å². The molecule has 1 aromatic heterocycles. The zero-order valence-corrected chi connectivity index (χ0v) is 16.4. The van der Waals surface area contributed by atoms with Crippen LogP contribution in [0.4, 0.5) is 5.69 Å². The van der Waals surface area contributed by atoms with Crippen molar-refractivity contribution in [3.8, 4) is 0 Å². The van der Waals surface area contributed by atoms with E-state index in [1.54, 1.807) is 10.9 Å². The highest BCUT2D eigenvalue weighted by Crippen LogP contribution is 2.20. The number of piperidine rings is 1. The van der Waals surface area contributed by atoms with Crippen molar-refractivity contribution in [2.75, 3.05) is 18.4 Å². The number of aromatic nitrogens is 2. The van der Waals surface area contributed by atoms with Crippen LogP contribution in [0.1, 0.15) is 43.5 Å². The summed E-state index contributed by atoms with van der Waals surface area (Å²) >= 11 is 3.43. The SMILES string of the molecule is Cc1c(Br)cnn1C(C)C(=O)Nc1ccc(CN2CCCCC2)cc1. The quantitative estimate of drug-likeness (QED) is 0.814. The van der Waals surface area contributed by atoms with E-state index in [0.717, 1.165) is 22.4 Å². The smallest absolute Gasteiger partial charge is 0.248 e. The lowest BCUT2D eigenvalue weighted by molar-refractivity contribution is -0.119. The molecule has 0 aliphatic carbocycles. The number of hydrogen-bond acceptors (Lipinski definition) is 3. The van der Waals surface area contributed by atoms with Gasteiger partial charge in [-0.1, -0.05) is 18.6 Å². The number of amides is 1. The Morgan fingerprint density at radius 2 is 1.92 bits per heavy atom. The predicted octanol–water partition coefficient (Wildman–Crippen LogP) is 4.14. The van der Waals surface area contributed by atoms with E-state index in [2.05, 4.69) is 43.4 Å². The van der Waals surface area contributed by atoms with Crippen molar-refractivity contribution in [1.82, 2.24) is 14.7 Å². The minimum Gasteiger partial charge on any atom is -0.324 e. The van der Waals surface area contributed by atoms with E-state index in [-0.39, 0.29) is 11.9 Å². The Kier molecular flexibility index (Phi) is 5.91. The molecule has 0 radical (unpaired) electrons. The lowest BCUT2D eigenvalue weighted by Gasteiger charge is -2.26. The number of carbonyl (C=O) groups excluding carboxylic acids is 1. The second-order valence-electron chi connectivity index (χ2n) is 6.72. The van der Waals surface area contributed by atoms with Crippen LogP contribution in [0, 0.1) is 6.92 Å². The van der Waals surface area contributed by atoms with Crippen molar-refractivity contribution in [2.45, 2.75) is 45.7 Å². The Hall–Kier alpha value is -1.66. The van der Waals surface area contributed by atoms with Gasteiger partial charge in [0.05, 0.1) is 16.4 Å². The molecule has 0 spiro atoms. The van der Waals surface area contributed by atoms with Crippen LogP contribution in [0.3, 0.4) is 0 Å². The minimum absolute atomic E-state index is 0.0671. The number of benzene rings is 1. The Morgan fingerprint density at radius 3 is 2.52 bits per heavy atom. The van der Waals surface area contributed by atoms with Crippen LogP contribution in [0.5, 0.6) is 0 Å². The second kappa shape index (κ2) is 8.15. The number of carbonyl (C=O) groups is 1. The van der Waals surface area contributed by atoms with E-state index in [1.807, 2.05) is 26.0 Å². The van der Waals surface area contributed by atoms with E-state index in [9.17, 15) is 4.79 Å². The van der Waals surface area contributed by atoms with Gasteiger partial charge in [0, 0.05) is 12.2 Å².